The Morgan fingerprint density at radius 3 is 2.72 bits per heavy atom. The van der Waals surface area contributed by atoms with Gasteiger partial charge in [0.25, 0.3) is 0 Å². The monoisotopic (exact) mass is 252 g/mol. The molecule has 0 aliphatic rings. The second-order valence-electron chi connectivity index (χ2n) is 4.71. The van der Waals surface area contributed by atoms with Gasteiger partial charge in [-0.1, -0.05) is 12.1 Å². The molecule has 1 atom stereocenters. The fourth-order valence-electron chi connectivity index (χ4n) is 1.93. The average Bonchev–Trinajstić information content (AvgIpc) is 2.74. The minimum Gasteiger partial charge on any atom is -0.456 e. The summed E-state index contributed by atoms with van der Waals surface area (Å²) < 4.78 is 24.5. The Morgan fingerprint density at radius 2 is 2.17 bits per heavy atom. The Balaban J connectivity index is 2.50. The molecule has 0 saturated heterocycles. The van der Waals surface area contributed by atoms with Gasteiger partial charge in [0.1, 0.15) is 11.8 Å². The summed E-state index contributed by atoms with van der Waals surface area (Å²) in [7, 11) is 1.59. The van der Waals surface area contributed by atoms with E-state index in [1.807, 2.05) is 13.8 Å². The van der Waals surface area contributed by atoms with Crippen LogP contribution in [0.5, 0.6) is 0 Å². The zero-order chi connectivity index (χ0) is 13.3. The highest BCUT2D eigenvalue weighted by atomic mass is 19.1. The molecule has 0 amide bonds. The van der Waals surface area contributed by atoms with Crippen molar-refractivity contribution in [1.82, 2.24) is 5.43 Å². The first-order chi connectivity index (χ1) is 8.49. The van der Waals surface area contributed by atoms with Gasteiger partial charge in [0.2, 0.25) is 0 Å². The smallest absolute Gasteiger partial charge is 0.169 e. The summed E-state index contributed by atoms with van der Waals surface area (Å²) in [6.45, 7) is 3.75. The topological polar surface area (TPSA) is 60.4 Å². The lowest BCUT2D eigenvalue weighted by atomic mass is 9.97. The summed E-state index contributed by atoms with van der Waals surface area (Å²) in [5.74, 6) is 5.70. The number of fused-ring (bicyclic) bond motifs is 1. The lowest BCUT2D eigenvalue weighted by molar-refractivity contribution is -0.0165. The lowest BCUT2D eigenvalue weighted by Crippen LogP contribution is -2.43. The molecule has 3 N–H and O–H groups in total. The highest BCUT2D eigenvalue weighted by Gasteiger charge is 2.32. The van der Waals surface area contributed by atoms with E-state index in [-0.39, 0.29) is 17.4 Å². The minimum absolute atomic E-state index is 0.236. The predicted octanol–water partition coefficient (Wildman–Crippen LogP) is 2.50. The molecular weight excluding hydrogens is 235 g/mol. The van der Waals surface area contributed by atoms with Crippen LogP contribution in [0.15, 0.2) is 28.7 Å². The normalized spacial score (nSPS) is 14.1. The molecular formula is C13H17FN2O2. The Morgan fingerprint density at radius 1 is 1.44 bits per heavy atom. The standard InChI is InChI=1S/C13H17FN2O2/c1-13(2,17-3)12(16-15)10-7-8-5-4-6-9(14)11(8)18-10/h4-7,12,16H,15H2,1-3H3. The van der Waals surface area contributed by atoms with E-state index in [9.17, 15) is 4.39 Å². The molecule has 0 saturated carbocycles. The lowest BCUT2D eigenvalue weighted by Gasteiger charge is -2.30. The quantitative estimate of drug-likeness (QED) is 0.648. The second-order valence-corrected chi connectivity index (χ2v) is 4.71. The van der Waals surface area contributed by atoms with Crippen LogP contribution in [0.4, 0.5) is 4.39 Å². The molecule has 2 rings (SSSR count). The first kappa shape index (κ1) is 13.0. The predicted molar refractivity (Wildman–Crippen MR) is 67.3 cm³/mol. The van der Waals surface area contributed by atoms with Gasteiger partial charge in [-0.15, -0.1) is 0 Å². The van der Waals surface area contributed by atoms with Crippen molar-refractivity contribution in [1.29, 1.82) is 0 Å². The zero-order valence-electron chi connectivity index (χ0n) is 10.7. The minimum atomic E-state index is -0.570. The van der Waals surface area contributed by atoms with Crippen LogP contribution in [-0.2, 0) is 4.74 Å². The highest BCUT2D eigenvalue weighted by Crippen LogP contribution is 2.32. The van der Waals surface area contributed by atoms with E-state index >= 15 is 0 Å². The summed E-state index contributed by atoms with van der Waals surface area (Å²) in [5, 5.41) is 0.706. The summed E-state index contributed by atoms with van der Waals surface area (Å²) >= 11 is 0. The largest absolute Gasteiger partial charge is 0.456 e. The first-order valence-corrected chi connectivity index (χ1v) is 5.69. The number of halogens is 1. The number of hydrogen-bond acceptors (Lipinski definition) is 4. The maximum Gasteiger partial charge on any atom is 0.169 e. The Labute approximate surface area is 105 Å². The van der Waals surface area contributed by atoms with Crippen molar-refractivity contribution in [3.05, 3.63) is 35.8 Å². The van der Waals surface area contributed by atoms with Crippen molar-refractivity contribution in [3.63, 3.8) is 0 Å². The fraction of sp³-hybridized carbons (Fsp3) is 0.385. The summed E-state index contributed by atoms with van der Waals surface area (Å²) in [5.41, 5.74) is 2.31. The summed E-state index contributed by atoms with van der Waals surface area (Å²) in [6.07, 6.45) is 0. The van der Waals surface area contributed by atoms with Crippen molar-refractivity contribution in [2.75, 3.05) is 7.11 Å². The Bertz CT molecular complexity index is 551. The number of nitrogens with one attached hydrogen (secondary N) is 1. The van der Waals surface area contributed by atoms with E-state index in [0.717, 1.165) is 0 Å². The number of ether oxygens (including phenoxy) is 1. The molecule has 18 heavy (non-hydrogen) atoms. The van der Waals surface area contributed by atoms with Gasteiger partial charge in [0, 0.05) is 12.5 Å². The van der Waals surface area contributed by atoms with Crippen molar-refractivity contribution >= 4 is 11.0 Å². The van der Waals surface area contributed by atoms with Crippen LogP contribution < -0.4 is 11.3 Å². The molecule has 98 valence electrons. The first-order valence-electron chi connectivity index (χ1n) is 5.69. The maximum absolute atomic E-state index is 13.6. The highest BCUT2D eigenvalue weighted by molar-refractivity contribution is 5.78. The van der Waals surface area contributed by atoms with Crippen LogP contribution in [0.1, 0.15) is 25.6 Å². The number of hydrogen-bond donors (Lipinski definition) is 2. The SMILES string of the molecule is COC(C)(C)C(NN)c1cc2cccc(F)c2o1. The third kappa shape index (κ3) is 2.12. The van der Waals surface area contributed by atoms with Crippen molar-refractivity contribution in [3.8, 4) is 0 Å². The molecule has 0 spiro atoms. The molecule has 5 heteroatoms. The number of para-hydroxylation sites is 1. The molecule has 0 aliphatic heterocycles. The summed E-state index contributed by atoms with van der Waals surface area (Å²) in [4.78, 5) is 0. The van der Waals surface area contributed by atoms with Gasteiger partial charge in [0.05, 0.1) is 5.60 Å². The average molecular weight is 252 g/mol. The second kappa shape index (κ2) is 4.68. The van der Waals surface area contributed by atoms with E-state index in [1.54, 1.807) is 25.3 Å². The number of methoxy groups -OCH3 is 1. The molecule has 1 aromatic heterocycles. The van der Waals surface area contributed by atoms with Gasteiger partial charge in [-0.05, 0) is 26.0 Å². The maximum atomic E-state index is 13.6. The van der Waals surface area contributed by atoms with Crippen LogP contribution in [0, 0.1) is 5.82 Å². The number of hydrazine groups is 1. The van der Waals surface area contributed by atoms with Gasteiger partial charge >= 0.3 is 0 Å². The molecule has 2 aromatic rings. The van der Waals surface area contributed by atoms with Crippen LogP contribution in [0.3, 0.4) is 0 Å². The Kier molecular flexibility index (Phi) is 3.38. The van der Waals surface area contributed by atoms with Gasteiger partial charge in [-0.2, -0.15) is 0 Å². The van der Waals surface area contributed by atoms with E-state index < -0.39 is 5.60 Å². The zero-order valence-corrected chi connectivity index (χ0v) is 10.7. The molecule has 1 unspecified atom stereocenters. The third-order valence-corrected chi connectivity index (χ3v) is 3.19. The molecule has 0 fully saturated rings. The molecule has 0 aliphatic carbocycles. The van der Waals surface area contributed by atoms with Crippen LogP contribution >= 0.6 is 0 Å². The van der Waals surface area contributed by atoms with E-state index in [4.69, 9.17) is 15.0 Å². The molecule has 1 aromatic carbocycles. The number of rotatable bonds is 4. The fourth-order valence-corrected chi connectivity index (χ4v) is 1.93. The van der Waals surface area contributed by atoms with Crippen molar-refractivity contribution < 1.29 is 13.5 Å². The van der Waals surface area contributed by atoms with E-state index in [0.29, 0.717) is 11.1 Å². The van der Waals surface area contributed by atoms with Crippen LogP contribution in [0.25, 0.3) is 11.0 Å². The van der Waals surface area contributed by atoms with Crippen LogP contribution in [0.2, 0.25) is 0 Å². The number of nitrogens with two attached hydrogens (primary N) is 1. The van der Waals surface area contributed by atoms with Crippen molar-refractivity contribution in [2.45, 2.75) is 25.5 Å². The number of furan rings is 1. The van der Waals surface area contributed by atoms with Crippen LogP contribution in [-0.4, -0.2) is 12.7 Å². The Hall–Kier alpha value is -1.43. The van der Waals surface area contributed by atoms with Gasteiger partial charge < -0.3 is 9.15 Å². The molecule has 4 nitrogen and oxygen atoms in total. The van der Waals surface area contributed by atoms with E-state index in [2.05, 4.69) is 5.43 Å². The molecule has 0 radical (unpaired) electrons. The molecule has 1 heterocycles. The molecule has 0 bridgehead atoms. The van der Waals surface area contributed by atoms with Gasteiger partial charge in [0.15, 0.2) is 11.4 Å². The van der Waals surface area contributed by atoms with Gasteiger partial charge in [-0.3, -0.25) is 5.84 Å². The van der Waals surface area contributed by atoms with Crippen molar-refractivity contribution in [2.24, 2.45) is 5.84 Å². The van der Waals surface area contributed by atoms with E-state index in [1.165, 1.54) is 6.07 Å². The summed E-state index contributed by atoms with van der Waals surface area (Å²) in [6, 6.07) is 6.20. The third-order valence-electron chi connectivity index (χ3n) is 3.19. The number of benzene rings is 1. The van der Waals surface area contributed by atoms with Gasteiger partial charge in [-0.25, -0.2) is 9.82 Å².